The highest BCUT2D eigenvalue weighted by atomic mass is 14.2. The van der Waals surface area contributed by atoms with E-state index in [0.717, 1.165) is 0 Å². The lowest BCUT2D eigenvalue weighted by molar-refractivity contribution is 0.909. The molecule has 0 saturated carbocycles. The summed E-state index contributed by atoms with van der Waals surface area (Å²) in [6.45, 7) is 6.21. The summed E-state index contributed by atoms with van der Waals surface area (Å²) in [6.07, 6.45) is 3.97. The molecule has 1 aromatic rings. The Hall–Kier alpha value is -0.780. The van der Waals surface area contributed by atoms with Gasteiger partial charge in [-0.05, 0) is 42.9 Å². The third kappa shape index (κ3) is 1.69. The van der Waals surface area contributed by atoms with Crippen LogP contribution in [0.5, 0.6) is 0 Å². The van der Waals surface area contributed by atoms with Gasteiger partial charge in [-0.25, -0.2) is 0 Å². The monoisotopic (exact) mass is 162 g/mol. The summed E-state index contributed by atoms with van der Waals surface area (Å²) in [4.78, 5) is 0. The minimum atomic E-state index is 1.30. The number of hydrogen-bond donors (Lipinski definition) is 0. The van der Waals surface area contributed by atoms with E-state index in [1.54, 1.807) is 11.1 Å². The average molecular weight is 162 g/mol. The third-order valence-corrected chi connectivity index (χ3v) is 2.38. The predicted octanol–water partition coefficient (Wildman–Crippen LogP) is 3.51. The number of benzene rings is 1. The average Bonchev–Trinajstić information content (AvgIpc) is 2.57. The Morgan fingerprint density at radius 1 is 1.08 bits per heavy atom. The molecule has 2 rings (SSSR count). The van der Waals surface area contributed by atoms with Crippen LogP contribution in [0.4, 0.5) is 0 Å². The molecule has 1 aliphatic carbocycles. The molecule has 0 N–H and O–H groups in total. The number of fused-ring (bicyclic) bond motifs is 1. The van der Waals surface area contributed by atoms with Crippen molar-refractivity contribution < 1.29 is 0 Å². The van der Waals surface area contributed by atoms with Crippen LogP contribution >= 0.6 is 0 Å². The van der Waals surface area contributed by atoms with Gasteiger partial charge in [-0.3, -0.25) is 0 Å². The van der Waals surface area contributed by atoms with Gasteiger partial charge in [-0.15, -0.1) is 0 Å². The van der Waals surface area contributed by atoms with E-state index >= 15 is 0 Å². The standard InChI is InChI=1S/C10H12.C2H6/c1-8-4-2-5-9-6-3-7-10(8)9;1-2/h2,4-5H,3,6-7H2,1H3;1-2H3. The van der Waals surface area contributed by atoms with E-state index in [1.807, 2.05) is 13.8 Å². The summed E-state index contributed by atoms with van der Waals surface area (Å²) in [5, 5.41) is 0. The Bertz CT molecular complexity index is 248. The normalized spacial score (nSPS) is 13.2. The van der Waals surface area contributed by atoms with Gasteiger partial charge in [0.2, 0.25) is 0 Å². The first kappa shape index (κ1) is 9.31. The first-order valence-corrected chi connectivity index (χ1v) is 4.95. The van der Waals surface area contributed by atoms with Crippen LogP contribution in [0.3, 0.4) is 0 Å². The lowest BCUT2D eigenvalue weighted by Crippen LogP contribution is -1.84. The lowest BCUT2D eigenvalue weighted by atomic mass is 10.1. The van der Waals surface area contributed by atoms with E-state index in [4.69, 9.17) is 0 Å². The van der Waals surface area contributed by atoms with Crippen LogP contribution in [0.15, 0.2) is 18.2 Å². The van der Waals surface area contributed by atoms with Crippen molar-refractivity contribution >= 4 is 0 Å². The van der Waals surface area contributed by atoms with Crippen molar-refractivity contribution in [1.29, 1.82) is 0 Å². The minimum absolute atomic E-state index is 1.30. The van der Waals surface area contributed by atoms with Gasteiger partial charge in [0, 0.05) is 0 Å². The maximum Gasteiger partial charge on any atom is -0.0270 e. The van der Waals surface area contributed by atoms with E-state index in [0.29, 0.717) is 0 Å². The van der Waals surface area contributed by atoms with Crippen LogP contribution in [0.25, 0.3) is 0 Å². The Balaban J connectivity index is 0.000000336. The molecule has 0 heterocycles. The zero-order valence-electron chi connectivity index (χ0n) is 8.35. The molecule has 0 bridgehead atoms. The van der Waals surface area contributed by atoms with Crippen molar-refractivity contribution in [3.8, 4) is 0 Å². The number of rotatable bonds is 0. The van der Waals surface area contributed by atoms with Crippen molar-refractivity contribution in [2.45, 2.75) is 40.0 Å². The van der Waals surface area contributed by atoms with Crippen molar-refractivity contribution in [2.24, 2.45) is 0 Å². The number of aryl methyl sites for hydroxylation is 2. The van der Waals surface area contributed by atoms with Crippen molar-refractivity contribution in [2.75, 3.05) is 0 Å². The molecular weight excluding hydrogens is 144 g/mol. The molecule has 1 aliphatic rings. The minimum Gasteiger partial charge on any atom is -0.0683 e. The molecule has 12 heavy (non-hydrogen) atoms. The van der Waals surface area contributed by atoms with Crippen LogP contribution in [-0.2, 0) is 12.8 Å². The molecule has 0 nitrogen and oxygen atoms in total. The van der Waals surface area contributed by atoms with Crippen LogP contribution in [-0.4, -0.2) is 0 Å². The zero-order chi connectivity index (χ0) is 8.97. The zero-order valence-corrected chi connectivity index (χ0v) is 8.35. The largest absolute Gasteiger partial charge is 0.0683 e. The highest BCUT2D eigenvalue weighted by Crippen LogP contribution is 2.24. The molecule has 66 valence electrons. The first-order chi connectivity index (χ1) is 5.88. The fourth-order valence-corrected chi connectivity index (χ4v) is 1.81. The molecule has 0 amide bonds. The van der Waals surface area contributed by atoms with Gasteiger partial charge in [-0.1, -0.05) is 32.0 Å². The van der Waals surface area contributed by atoms with Gasteiger partial charge in [0.15, 0.2) is 0 Å². The third-order valence-electron chi connectivity index (χ3n) is 2.38. The first-order valence-electron chi connectivity index (χ1n) is 4.95. The molecule has 0 saturated heterocycles. The van der Waals surface area contributed by atoms with Crippen molar-refractivity contribution in [3.05, 3.63) is 34.9 Å². The van der Waals surface area contributed by atoms with E-state index in [1.165, 1.54) is 24.8 Å². The molecule has 0 aromatic heterocycles. The molecule has 0 unspecified atom stereocenters. The molecular formula is C12H18. The predicted molar refractivity (Wildman–Crippen MR) is 54.6 cm³/mol. The van der Waals surface area contributed by atoms with E-state index in [-0.39, 0.29) is 0 Å². The molecule has 0 aliphatic heterocycles. The van der Waals surface area contributed by atoms with E-state index in [2.05, 4.69) is 25.1 Å². The Labute approximate surface area is 75.6 Å². The van der Waals surface area contributed by atoms with Crippen LogP contribution in [0.2, 0.25) is 0 Å². The van der Waals surface area contributed by atoms with Gasteiger partial charge >= 0.3 is 0 Å². The maximum atomic E-state index is 2.26. The molecule has 0 heteroatoms. The Kier molecular flexibility index (Phi) is 3.33. The fraction of sp³-hybridized carbons (Fsp3) is 0.500. The van der Waals surface area contributed by atoms with Crippen LogP contribution in [0.1, 0.15) is 37.0 Å². The van der Waals surface area contributed by atoms with Gasteiger partial charge < -0.3 is 0 Å². The van der Waals surface area contributed by atoms with Gasteiger partial charge in [-0.2, -0.15) is 0 Å². The maximum absolute atomic E-state index is 2.26. The number of hydrogen-bond acceptors (Lipinski definition) is 0. The van der Waals surface area contributed by atoms with E-state index < -0.39 is 0 Å². The fourth-order valence-electron chi connectivity index (χ4n) is 1.81. The second kappa shape index (κ2) is 4.30. The summed E-state index contributed by atoms with van der Waals surface area (Å²) >= 11 is 0. The van der Waals surface area contributed by atoms with Crippen LogP contribution < -0.4 is 0 Å². The molecule has 0 spiro atoms. The van der Waals surface area contributed by atoms with Crippen LogP contribution in [0, 0.1) is 6.92 Å². The molecule has 0 atom stereocenters. The second-order valence-electron chi connectivity index (χ2n) is 3.07. The van der Waals surface area contributed by atoms with Crippen molar-refractivity contribution in [1.82, 2.24) is 0 Å². The Morgan fingerprint density at radius 2 is 1.83 bits per heavy atom. The highest BCUT2D eigenvalue weighted by molar-refractivity contribution is 5.37. The Morgan fingerprint density at radius 3 is 2.50 bits per heavy atom. The topological polar surface area (TPSA) is 0 Å². The van der Waals surface area contributed by atoms with Crippen molar-refractivity contribution in [3.63, 3.8) is 0 Å². The second-order valence-corrected chi connectivity index (χ2v) is 3.07. The van der Waals surface area contributed by atoms with Gasteiger partial charge in [0.1, 0.15) is 0 Å². The summed E-state index contributed by atoms with van der Waals surface area (Å²) in [5.74, 6) is 0. The molecule has 0 fully saturated rings. The molecule has 0 radical (unpaired) electrons. The SMILES string of the molecule is CC.Cc1cccc2c1CCC2. The van der Waals surface area contributed by atoms with E-state index in [9.17, 15) is 0 Å². The smallest absolute Gasteiger partial charge is 0.0270 e. The lowest BCUT2D eigenvalue weighted by Gasteiger charge is -2.00. The summed E-state index contributed by atoms with van der Waals surface area (Å²) < 4.78 is 0. The summed E-state index contributed by atoms with van der Waals surface area (Å²) in [7, 11) is 0. The quantitative estimate of drug-likeness (QED) is 0.547. The van der Waals surface area contributed by atoms with Gasteiger partial charge in [0.25, 0.3) is 0 Å². The summed E-state index contributed by atoms with van der Waals surface area (Å²) in [5.41, 5.74) is 4.68. The summed E-state index contributed by atoms with van der Waals surface area (Å²) in [6, 6.07) is 6.64. The molecule has 1 aromatic carbocycles. The van der Waals surface area contributed by atoms with Gasteiger partial charge in [0.05, 0.1) is 0 Å². The highest BCUT2D eigenvalue weighted by Gasteiger charge is 2.10.